The van der Waals surface area contributed by atoms with Crippen molar-refractivity contribution in [3.63, 3.8) is 0 Å². The summed E-state index contributed by atoms with van der Waals surface area (Å²) in [6.07, 6.45) is 1.70. The Balaban J connectivity index is 3.20. The third kappa shape index (κ3) is 7.45. The smallest absolute Gasteiger partial charge is 0.0790 e. The molecule has 9 heavy (non-hydrogen) atoms. The summed E-state index contributed by atoms with van der Waals surface area (Å²) in [5.74, 6) is 0. The maximum atomic E-state index is 8.21. The summed E-state index contributed by atoms with van der Waals surface area (Å²) in [7, 11) is 6.41. The van der Waals surface area contributed by atoms with Crippen LogP contribution < -0.4 is 0 Å². The van der Waals surface area contributed by atoms with Gasteiger partial charge < -0.3 is 4.48 Å². The summed E-state index contributed by atoms with van der Waals surface area (Å²) in [6.45, 7) is 1.09. The lowest BCUT2D eigenvalue weighted by Crippen LogP contribution is -2.35. The lowest BCUT2D eigenvalue weighted by Gasteiger charge is -2.22. The number of nitriles is 1. The summed E-state index contributed by atoms with van der Waals surface area (Å²) >= 11 is 0. The van der Waals surface area contributed by atoms with Gasteiger partial charge in [0.05, 0.1) is 33.8 Å². The minimum absolute atomic E-state index is 0.690. The fraction of sp³-hybridized carbons (Fsp3) is 0.857. The van der Waals surface area contributed by atoms with Gasteiger partial charge in [0.25, 0.3) is 0 Å². The molecule has 0 atom stereocenters. The molecule has 0 aliphatic carbocycles. The first kappa shape index (κ1) is 8.45. The van der Waals surface area contributed by atoms with Crippen LogP contribution >= 0.6 is 0 Å². The molecule has 0 rings (SSSR count). The van der Waals surface area contributed by atoms with E-state index in [1.165, 1.54) is 0 Å². The number of hydrogen-bond donors (Lipinski definition) is 0. The van der Waals surface area contributed by atoms with Crippen LogP contribution in [-0.2, 0) is 0 Å². The Kier molecular flexibility index (Phi) is 3.26. The molecule has 0 aliphatic heterocycles. The van der Waals surface area contributed by atoms with Gasteiger partial charge in [-0.3, -0.25) is 0 Å². The summed E-state index contributed by atoms with van der Waals surface area (Å²) in [6, 6.07) is 2.13. The van der Waals surface area contributed by atoms with Gasteiger partial charge in [0.2, 0.25) is 0 Å². The van der Waals surface area contributed by atoms with Crippen molar-refractivity contribution in [2.75, 3.05) is 27.7 Å². The standard InChI is InChI=1S/C7H15N2/c1-9(2,3)7-5-4-6-8/h4-5,7H2,1-3H3/q+1. The summed E-state index contributed by atoms with van der Waals surface area (Å²) in [5, 5.41) is 8.21. The molecule has 0 aliphatic rings. The quantitative estimate of drug-likeness (QED) is 0.410. The Morgan fingerprint density at radius 1 is 1.33 bits per heavy atom. The Morgan fingerprint density at radius 2 is 1.89 bits per heavy atom. The average molecular weight is 127 g/mol. The SMILES string of the molecule is C[N+](C)(C)CCCC#N. The van der Waals surface area contributed by atoms with E-state index in [0.717, 1.165) is 17.4 Å². The van der Waals surface area contributed by atoms with Gasteiger partial charge in [-0.05, 0) is 0 Å². The molecule has 0 aromatic carbocycles. The zero-order valence-corrected chi connectivity index (χ0v) is 6.52. The van der Waals surface area contributed by atoms with Gasteiger partial charge in [0, 0.05) is 12.8 Å². The number of nitrogens with zero attached hydrogens (tertiary/aromatic N) is 2. The largest absolute Gasteiger partial charge is 0.331 e. The van der Waals surface area contributed by atoms with Gasteiger partial charge in [-0.2, -0.15) is 5.26 Å². The number of rotatable bonds is 3. The van der Waals surface area contributed by atoms with Crippen LogP contribution in [0, 0.1) is 11.3 Å². The van der Waals surface area contributed by atoms with Crippen LogP contribution in [0.2, 0.25) is 0 Å². The molecular weight excluding hydrogens is 112 g/mol. The molecule has 0 amide bonds. The second-order valence-electron chi connectivity index (χ2n) is 3.28. The average Bonchev–Trinajstić information content (AvgIpc) is 1.63. The molecule has 0 spiro atoms. The van der Waals surface area contributed by atoms with Crippen molar-refractivity contribution >= 4 is 0 Å². The molecule has 52 valence electrons. The van der Waals surface area contributed by atoms with Gasteiger partial charge in [0.15, 0.2) is 0 Å². The number of hydrogen-bond acceptors (Lipinski definition) is 1. The van der Waals surface area contributed by atoms with Gasteiger partial charge >= 0.3 is 0 Å². The summed E-state index contributed by atoms with van der Waals surface area (Å²) in [4.78, 5) is 0. The fourth-order valence-corrected chi connectivity index (χ4v) is 0.632. The van der Waals surface area contributed by atoms with E-state index in [9.17, 15) is 0 Å². The number of quaternary nitrogens is 1. The Labute approximate surface area is 57.3 Å². The van der Waals surface area contributed by atoms with Crippen molar-refractivity contribution in [2.24, 2.45) is 0 Å². The molecular formula is C7H15N2+. The maximum Gasteiger partial charge on any atom is 0.0790 e. The molecule has 0 aromatic heterocycles. The predicted octanol–water partition coefficient (Wildman–Crippen LogP) is 0.996. The van der Waals surface area contributed by atoms with E-state index >= 15 is 0 Å². The third-order valence-electron chi connectivity index (χ3n) is 1.12. The van der Waals surface area contributed by atoms with E-state index in [-0.39, 0.29) is 0 Å². The monoisotopic (exact) mass is 127 g/mol. The fourth-order valence-electron chi connectivity index (χ4n) is 0.632. The van der Waals surface area contributed by atoms with Crippen molar-refractivity contribution in [1.29, 1.82) is 5.26 Å². The van der Waals surface area contributed by atoms with Crippen LogP contribution in [0.5, 0.6) is 0 Å². The highest BCUT2D eigenvalue weighted by molar-refractivity contribution is 4.67. The molecule has 0 heterocycles. The topological polar surface area (TPSA) is 23.8 Å². The highest BCUT2D eigenvalue weighted by Crippen LogP contribution is 1.95. The van der Waals surface area contributed by atoms with Gasteiger partial charge in [-0.1, -0.05) is 0 Å². The first-order valence-electron chi connectivity index (χ1n) is 3.24. The van der Waals surface area contributed by atoms with Crippen molar-refractivity contribution in [2.45, 2.75) is 12.8 Å². The zero-order chi connectivity index (χ0) is 7.33. The van der Waals surface area contributed by atoms with Gasteiger partial charge in [-0.25, -0.2) is 0 Å². The minimum Gasteiger partial charge on any atom is -0.331 e. The lowest BCUT2D eigenvalue weighted by atomic mass is 10.3. The van der Waals surface area contributed by atoms with Crippen molar-refractivity contribution in [3.05, 3.63) is 0 Å². The lowest BCUT2D eigenvalue weighted by molar-refractivity contribution is -0.870. The van der Waals surface area contributed by atoms with E-state index < -0.39 is 0 Å². The van der Waals surface area contributed by atoms with Crippen LogP contribution in [0.3, 0.4) is 0 Å². The Morgan fingerprint density at radius 3 is 2.22 bits per heavy atom. The molecule has 2 nitrogen and oxygen atoms in total. The van der Waals surface area contributed by atoms with Gasteiger partial charge in [-0.15, -0.1) is 0 Å². The molecule has 0 aromatic rings. The molecule has 0 N–H and O–H groups in total. The van der Waals surface area contributed by atoms with Crippen molar-refractivity contribution in [3.8, 4) is 6.07 Å². The first-order valence-corrected chi connectivity index (χ1v) is 3.24. The number of unbranched alkanes of at least 4 members (excludes halogenated alkanes) is 1. The zero-order valence-electron chi connectivity index (χ0n) is 6.52. The van der Waals surface area contributed by atoms with E-state index in [1.807, 2.05) is 0 Å². The normalized spacial score (nSPS) is 10.9. The summed E-state index contributed by atoms with van der Waals surface area (Å²) < 4.78 is 0.960. The van der Waals surface area contributed by atoms with E-state index in [0.29, 0.717) is 6.42 Å². The maximum absolute atomic E-state index is 8.21. The Bertz CT molecular complexity index is 105. The molecule has 0 saturated heterocycles. The highest BCUT2D eigenvalue weighted by Gasteiger charge is 2.04. The van der Waals surface area contributed by atoms with Crippen LogP contribution in [0.25, 0.3) is 0 Å². The molecule has 0 unspecified atom stereocenters. The molecule has 0 fully saturated rings. The highest BCUT2D eigenvalue weighted by atomic mass is 15.3. The summed E-state index contributed by atoms with van der Waals surface area (Å²) in [5.41, 5.74) is 0. The third-order valence-corrected chi connectivity index (χ3v) is 1.12. The van der Waals surface area contributed by atoms with E-state index in [2.05, 4.69) is 27.2 Å². The first-order chi connectivity index (χ1) is 4.06. The second kappa shape index (κ2) is 3.47. The minimum atomic E-state index is 0.690. The van der Waals surface area contributed by atoms with Gasteiger partial charge in [0.1, 0.15) is 0 Å². The molecule has 0 bridgehead atoms. The molecule has 2 heteroatoms. The van der Waals surface area contributed by atoms with Crippen molar-refractivity contribution in [1.82, 2.24) is 0 Å². The van der Waals surface area contributed by atoms with Crippen molar-refractivity contribution < 1.29 is 4.48 Å². The van der Waals surface area contributed by atoms with E-state index in [1.54, 1.807) is 0 Å². The molecule has 0 radical (unpaired) electrons. The van der Waals surface area contributed by atoms with Crippen LogP contribution in [0.1, 0.15) is 12.8 Å². The van der Waals surface area contributed by atoms with Crippen LogP contribution in [-0.4, -0.2) is 32.2 Å². The van der Waals surface area contributed by atoms with E-state index in [4.69, 9.17) is 5.26 Å². The second-order valence-corrected chi connectivity index (χ2v) is 3.28. The van der Waals surface area contributed by atoms with Crippen LogP contribution in [0.15, 0.2) is 0 Å². The Hall–Kier alpha value is -0.550. The predicted molar refractivity (Wildman–Crippen MR) is 37.7 cm³/mol. The molecule has 0 saturated carbocycles. The van der Waals surface area contributed by atoms with Crippen LogP contribution in [0.4, 0.5) is 0 Å².